The highest BCUT2D eigenvalue weighted by Gasteiger charge is 2.47. The van der Waals surface area contributed by atoms with Crippen molar-refractivity contribution >= 4 is 11.9 Å². The molecule has 0 aromatic carbocycles. The Balaban J connectivity index is 1.57. The minimum atomic E-state index is -3.14. The molecule has 3 aliphatic rings. The van der Waals surface area contributed by atoms with Crippen LogP contribution in [0.2, 0.25) is 0 Å². The number of alkyl halides is 2. The molecule has 1 saturated carbocycles. The average molecular weight is 427 g/mol. The van der Waals surface area contributed by atoms with Crippen LogP contribution in [-0.4, -0.2) is 66.3 Å². The zero-order valence-corrected chi connectivity index (χ0v) is 17.8. The van der Waals surface area contributed by atoms with E-state index in [4.69, 9.17) is 10.00 Å². The van der Waals surface area contributed by atoms with E-state index in [1.54, 1.807) is 0 Å². The van der Waals surface area contributed by atoms with Gasteiger partial charge in [-0.2, -0.15) is 5.26 Å². The van der Waals surface area contributed by atoms with E-state index < -0.39 is 41.6 Å². The Kier molecular flexibility index (Phi) is 6.00. The quantitative estimate of drug-likeness (QED) is 0.620. The first-order valence-corrected chi connectivity index (χ1v) is 10.4. The number of nitriles is 1. The number of nitrogens with zero attached hydrogens (tertiary/aromatic N) is 2. The summed E-state index contributed by atoms with van der Waals surface area (Å²) in [7, 11) is 0. The molecule has 0 aromatic heterocycles. The van der Waals surface area contributed by atoms with Gasteiger partial charge < -0.3 is 20.3 Å². The van der Waals surface area contributed by atoms with Crippen molar-refractivity contribution in [2.24, 2.45) is 5.41 Å². The second kappa shape index (κ2) is 7.93. The first kappa shape index (κ1) is 22.7. The zero-order chi connectivity index (χ0) is 22.2. The molecule has 3 rings (SSSR count). The number of urea groups is 1. The third-order valence-corrected chi connectivity index (χ3v) is 5.99. The van der Waals surface area contributed by atoms with Crippen LogP contribution >= 0.6 is 0 Å². The van der Waals surface area contributed by atoms with Crippen molar-refractivity contribution in [3.63, 3.8) is 0 Å². The largest absolute Gasteiger partial charge is 0.360 e. The van der Waals surface area contributed by atoms with Crippen LogP contribution in [0.5, 0.6) is 0 Å². The van der Waals surface area contributed by atoms with E-state index in [-0.39, 0.29) is 5.41 Å². The molecule has 8 nitrogen and oxygen atoms in total. The predicted octanol–water partition coefficient (Wildman–Crippen LogP) is 1.72. The fourth-order valence-corrected chi connectivity index (χ4v) is 3.75. The highest BCUT2D eigenvalue weighted by atomic mass is 19.3. The maximum Gasteiger partial charge on any atom is 0.318 e. The summed E-state index contributed by atoms with van der Waals surface area (Å²) in [6.45, 7) is 7.14. The van der Waals surface area contributed by atoms with E-state index in [1.165, 1.54) is 4.90 Å². The van der Waals surface area contributed by atoms with Gasteiger partial charge in [-0.05, 0) is 19.8 Å². The lowest BCUT2D eigenvalue weighted by molar-refractivity contribution is -0.157. The summed E-state index contributed by atoms with van der Waals surface area (Å²) in [5, 5.41) is 17.5. The van der Waals surface area contributed by atoms with E-state index in [0.29, 0.717) is 52.3 Å². The molecular formula is C20H31F2N5O3. The Labute approximate surface area is 175 Å². The van der Waals surface area contributed by atoms with Gasteiger partial charge in [0, 0.05) is 44.3 Å². The minimum absolute atomic E-state index is 0.0497. The lowest BCUT2D eigenvalue weighted by atomic mass is 9.89. The summed E-state index contributed by atoms with van der Waals surface area (Å²) in [6, 6.07) is 0.0173. The third kappa shape index (κ3) is 5.58. The van der Waals surface area contributed by atoms with Crippen LogP contribution in [0.15, 0.2) is 0 Å². The van der Waals surface area contributed by atoms with E-state index >= 15 is 0 Å². The van der Waals surface area contributed by atoms with Crippen LogP contribution in [-0.2, 0) is 9.53 Å². The number of rotatable bonds is 5. The number of halogens is 2. The topological polar surface area (TPSA) is 106 Å². The first-order chi connectivity index (χ1) is 13.9. The molecule has 0 aromatic rings. The van der Waals surface area contributed by atoms with Crippen molar-refractivity contribution in [2.45, 2.75) is 76.1 Å². The van der Waals surface area contributed by atoms with Crippen LogP contribution in [0.4, 0.5) is 13.6 Å². The maximum absolute atomic E-state index is 13.6. The summed E-state index contributed by atoms with van der Waals surface area (Å²) in [6.07, 6.45) is 1.29. The Morgan fingerprint density at radius 2 is 1.90 bits per heavy atom. The third-order valence-electron chi connectivity index (χ3n) is 5.99. The highest BCUT2D eigenvalue weighted by molar-refractivity contribution is 5.88. The van der Waals surface area contributed by atoms with Crippen LogP contribution in [0, 0.1) is 16.7 Å². The van der Waals surface area contributed by atoms with Gasteiger partial charge in [0.15, 0.2) is 0 Å². The number of nitrogens with one attached hydrogen (secondary N) is 3. The lowest BCUT2D eigenvalue weighted by Gasteiger charge is -2.48. The van der Waals surface area contributed by atoms with E-state index in [9.17, 15) is 18.4 Å². The van der Waals surface area contributed by atoms with Crippen LogP contribution < -0.4 is 16.0 Å². The molecule has 3 amide bonds. The monoisotopic (exact) mass is 427 g/mol. The molecule has 0 bridgehead atoms. The molecule has 1 spiro atoms. The Morgan fingerprint density at radius 1 is 1.27 bits per heavy atom. The molecule has 3 N–H and O–H groups in total. The molecule has 2 saturated heterocycles. The molecule has 2 heterocycles. The van der Waals surface area contributed by atoms with Gasteiger partial charge in [-0.1, -0.05) is 13.8 Å². The van der Waals surface area contributed by atoms with E-state index in [0.717, 1.165) is 6.54 Å². The zero-order valence-electron chi connectivity index (χ0n) is 17.8. The normalized spacial score (nSPS) is 25.1. The average Bonchev–Trinajstić information content (AvgIpc) is 3.43. The summed E-state index contributed by atoms with van der Waals surface area (Å²) in [5.41, 5.74) is -1.41. The molecule has 2 aliphatic heterocycles. The van der Waals surface area contributed by atoms with Gasteiger partial charge in [-0.3, -0.25) is 10.1 Å². The Hall–Kier alpha value is -1.99. The number of likely N-dealkylation sites (tertiary alicyclic amines) is 1. The molecule has 1 atom stereocenters. The summed E-state index contributed by atoms with van der Waals surface area (Å²) >= 11 is 0. The second-order valence-electron chi connectivity index (χ2n) is 9.75. The SMILES string of the molecule is CC(F)(F)C[C@H](NC(=O)N1CCC2(CC1)NCC(C)(C)CO2)C(=O)NC1(C#N)CC1. The molecule has 0 unspecified atom stereocenters. The standard InChI is InChI=1S/C20H31F2N5O3/c1-17(2)12-24-20(30-13-17)6-8-27(9-7-20)16(29)25-14(10-18(3,21)22)15(28)26-19(11-23)4-5-19/h14,24H,4-10,12-13H2,1-3H3,(H,25,29)(H,26,28)/t14-/m0/s1. The van der Waals surface area contributed by atoms with Crippen LogP contribution in [0.25, 0.3) is 0 Å². The van der Waals surface area contributed by atoms with E-state index in [2.05, 4.69) is 29.8 Å². The Bertz CT molecular complexity index is 707. The number of hydrogen-bond acceptors (Lipinski definition) is 5. The van der Waals surface area contributed by atoms with Crippen molar-refractivity contribution in [2.75, 3.05) is 26.2 Å². The number of carbonyl (C=O) groups excluding carboxylic acids is 2. The molecule has 30 heavy (non-hydrogen) atoms. The molecule has 3 fully saturated rings. The van der Waals surface area contributed by atoms with Gasteiger partial charge in [0.1, 0.15) is 17.3 Å². The van der Waals surface area contributed by atoms with Crippen LogP contribution in [0.1, 0.15) is 52.9 Å². The first-order valence-electron chi connectivity index (χ1n) is 10.4. The molecular weight excluding hydrogens is 396 g/mol. The smallest absolute Gasteiger partial charge is 0.318 e. The molecule has 168 valence electrons. The fraction of sp³-hybridized carbons (Fsp3) is 0.850. The highest BCUT2D eigenvalue weighted by Crippen LogP contribution is 2.35. The van der Waals surface area contributed by atoms with Crippen LogP contribution in [0.3, 0.4) is 0 Å². The fourth-order valence-electron chi connectivity index (χ4n) is 3.75. The summed E-state index contributed by atoms with van der Waals surface area (Å²) in [5.74, 6) is -3.89. The number of hydrogen-bond donors (Lipinski definition) is 3. The minimum Gasteiger partial charge on any atom is -0.360 e. The van der Waals surface area contributed by atoms with Gasteiger partial charge >= 0.3 is 6.03 Å². The van der Waals surface area contributed by atoms with Gasteiger partial charge in [0.05, 0.1) is 12.7 Å². The van der Waals surface area contributed by atoms with E-state index in [1.807, 2.05) is 6.07 Å². The lowest BCUT2D eigenvalue weighted by Crippen LogP contribution is -2.63. The van der Waals surface area contributed by atoms with Gasteiger partial charge in [-0.25, -0.2) is 13.6 Å². The summed E-state index contributed by atoms with van der Waals surface area (Å²) in [4.78, 5) is 26.7. The summed E-state index contributed by atoms with van der Waals surface area (Å²) < 4.78 is 33.3. The van der Waals surface area contributed by atoms with Gasteiger partial charge in [-0.15, -0.1) is 0 Å². The van der Waals surface area contributed by atoms with Crippen molar-refractivity contribution in [1.29, 1.82) is 5.26 Å². The number of carbonyl (C=O) groups is 2. The second-order valence-corrected chi connectivity index (χ2v) is 9.75. The van der Waals surface area contributed by atoms with Gasteiger partial charge in [0.25, 0.3) is 0 Å². The van der Waals surface area contributed by atoms with Crippen molar-refractivity contribution < 1.29 is 23.1 Å². The predicted molar refractivity (Wildman–Crippen MR) is 105 cm³/mol. The number of ether oxygens (including phenoxy) is 1. The Morgan fingerprint density at radius 3 is 2.37 bits per heavy atom. The molecule has 1 aliphatic carbocycles. The number of piperidine rings is 1. The van der Waals surface area contributed by atoms with Crippen molar-refractivity contribution in [3.8, 4) is 6.07 Å². The number of amides is 3. The maximum atomic E-state index is 13.6. The van der Waals surface area contributed by atoms with Crippen molar-refractivity contribution in [1.82, 2.24) is 20.9 Å². The van der Waals surface area contributed by atoms with Gasteiger partial charge in [0.2, 0.25) is 11.8 Å². The molecule has 0 radical (unpaired) electrons. The molecule has 10 heteroatoms. The van der Waals surface area contributed by atoms with Crippen molar-refractivity contribution in [3.05, 3.63) is 0 Å².